The Hall–Kier alpha value is -2.60. The number of carbonyl (C=O) groups excluding carboxylic acids is 1. The largest absolute Gasteiger partial charge is 0.339 e. The van der Waals surface area contributed by atoms with Gasteiger partial charge < -0.3 is 4.90 Å². The second kappa shape index (κ2) is 9.47. The molecule has 1 saturated heterocycles. The number of benzene rings is 2. The fourth-order valence-electron chi connectivity index (χ4n) is 3.92. The van der Waals surface area contributed by atoms with E-state index in [1.807, 2.05) is 23.1 Å². The summed E-state index contributed by atoms with van der Waals surface area (Å²) in [6, 6.07) is 19.0. The number of aryl methyl sites for hydroxylation is 1. The van der Waals surface area contributed by atoms with Gasteiger partial charge in [-0.15, -0.1) is 10.2 Å². The highest BCUT2D eigenvalue weighted by atomic mass is 32.2. The molecule has 1 atom stereocenters. The van der Waals surface area contributed by atoms with Crippen molar-refractivity contribution in [2.45, 2.75) is 50.7 Å². The van der Waals surface area contributed by atoms with Crippen molar-refractivity contribution in [3.05, 3.63) is 71.5 Å². The van der Waals surface area contributed by atoms with E-state index in [0.717, 1.165) is 36.1 Å². The molecule has 4 rings (SSSR count). The minimum atomic E-state index is 0.190. The number of amides is 1. The van der Waals surface area contributed by atoms with E-state index in [9.17, 15) is 4.79 Å². The Morgan fingerprint density at radius 1 is 1.07 bits per heavy atom. The summed E-state index contributed by atoms with van der Waals surface area (Å²) in [5, 5.41) is 9.70. The summed E-state index contributed by atoms with van der Waals surface area (Å²) < 4.78 is 2.09. The smallest absolute Gasteiger partial charge is 0.233 e. The van der Waals surface area contributed by atoms with Gasteiger partial charge in [0.05, 0.1) is 5.75 Å². The second-order valence-electron chi connectivity index (χ2n) is 7.95. The first kappa shape index (κ1) is 20.7. The van der Waals surface area contributed by atoms with Crippen molar-refractivity contribution < 1.29 is 4.79 Å². The molecule has 0 N–H and O–H groups in total. The van der Waals surface area contributed by atoms with Crippen LogP contribution < -0.4 is 0 Å². The van der Waals surface area contributed by atoms with Crippen LogP contribution in [-0.2, 0) is 11.2 Å². The predicted molar refractivity (Wildman–Crippen MR) is 121 cm³/mol. The number of hydrogen-bond donors (Lipinski definition) is 0. The standard InChI is InChI=1S/C24H28N4OS/c1-18-11-13-21(14-12-18)28-22(16-20-9-4-3-5-10-20)25-26-24(28)30-17-23(29)27-15-7-6-8-19(27)2/h3-5,9-14,19H,6-8,15-17H2,1-2H3/t19-/m0/s1. The van der Waals surface area contributed by atoms with E-state index < -0.39 is 0 Å². The van der Waals surface area contributed by atoms with E-state index in [-0.39, 0.29) is 5.91 Å². The number of carbonyl (C=O) groups is 1. The molecule has 0 unspecified atom stereocenters. The fraction of sp³-hybridized carbons (Fsp3) is 0.375. The van der Waals surface area contributed by atoms with Crippen LogP contribution in [0.4, 0.5) is 0 Å². The molecule has 1 fully saturated rings. The molecular weight excluding hydrogens is 392 g/mol. The van der Waals surface area contributed by atoms with Crippen LogP contribution in [0.25, 0.3) is 5.69 Å². The summed E-state index contributed by atoms with van der Waals surface area (Å²) in [6.07, 6.45) is 4.10. The molecule has 1 aromatic heterocycles. The van der Waals surface area contributed by atoms with E-state index in [4.69, 9.17) is 0 Å². The van der Waals surface area contributed by atoms with Crippen LogP contribution in [0, 0.1) is 6.92 Å². The lowest BCUT2D eigenvalue weighted by Crippen LogP contribution is -2.42. The summed E-state index contributed by atoms with van der Waals surface area (Å²) >= 11 is 1.48. The van der Waals surface area contributed by atoms with Gasteiger partial charge in [-0.2, -0.15) is 0 Å². The number of nitrogens with zero attached hydrogens (tertiary/aromatic N) is 4. The summed E-state index contributed by atoms with van der Waals surface area (Å²) in [5.41, 5.74) is 3.42. The third kappa shape index (κ3) is 4.75. The maximum absolute atomic E-state index is 12.8. The van der Waals surface area contributed by atoms with Crippen LogP contribution >= 0.6 is 11.8 Å². The van der Waals surface area contributed by atoms with Crippen LogP contribution in [0.3, 0.4) is 0 Å². The monoisotopic (exact) mass is 420 g/mol. The lowest BCUT2D eigenvalue weighted by molar-refractivity contribution is -0.131. The van der Waals surface area contributed by atoms with Gasteiger partial charge in [-0.05, 0) is 50.8 Å². The molecule has 2 heterocycles. The number of piperidine rings is 1. The highest BCUT2D eigenvalue weighted by Crippen LogP contribution is 2.25. The Bertz CT molecular complexity index is 984. The molecule has 0 radical (unpaired) electrons. The number of aromatic nitrogens is 3. The van der Waals surface area contributed by atoms with Gasteiger partial charge in [0.25, 0.3) is 0 Å². The summed E-state index contributed by atoms with van der Waals surface area (Å²) in [4.78, 5) is 14.8. The fourth-order valence-corrected chi connectivity index (χ4v) is 4.77. The van der Waals surface area contributed by atoms with Gasteiger partial charge in [-0.3, -0.25) is 9.36 Å². The summed E-state index contributed by atoms with van der Waals surface area (Å²) in [5.74, 6) is 1.46. The average molecular weight is 421 g/mol. The van der Waals surface area contributed by atoms with Gasteiger partial charge in [0.15, 0.2) is 5.16 Å². The van der Waals surface area contributed by atoms with Gasteiger partial charge in [0.2, 0.25) is 5.91 Å². The lowest BCUT2D eigenvalue weighted by Gasteiger charge is -2.33. The average Bonchev–Trinajstić information content (AvgIpc) is 3.16. The lowest BCUT2D eigenvalue weighted by atomic mass is 10.0. The van der Waals surface area contributed by atoms with E-state index in [1.165, 1.54) is 29.3 Å². The minimum absolute atomic E-state index is 0.190. The van der Waals surface area contributed by atoms with Gasteiger partial charge in [0, 0.05) is 24.7 Å². The Labute approximate surface area is 182 Å². The normalized spacial score (nSPS) is 16.6. The molecule has 30 heavy (non-hydrogen) atoms. The molecule has 6 heteroatoms. The maximum Gasteiger partial charge on any atom is 0.233 e. The first-order valence-electron chi connectivity index (χ1n) is 10.6. The predicted octanol–water partition coefficient (Wildman–Crippen LogP) is 4.66. The van der Waals surface area contributed by atoms with Gasteiger partial charge in [-0.1, -0.05) is 59.8 Å². The summed E-state index contributed by atoms with van der Waals surface area (Å²) in [6.45, 7) is 5.09. The summed E-state index contributed by atoms with van der Waals surface area (Å²) in [7, 11) is 0. The van der Waals surface area contributed by atoms with E-state index in [1.54, 1.807) is 0 Å². The van der Waals surface area contributed by atoms with Gasteiger partial charge in [-0.25, -0.2) is 0 Å². The van der Waals surface area contributed by atoms with E-state index in [0.29, 0.717) is 18.2 Å². The Kier molecular flexibility index (Phi) is 6.53. The zero-order valence-corrected chi connectivity index (χ0v) is 18.4. The van der Waals surface area contributed by atoms with Gasteiger partial charge >= 0.3 is 0 Å². The Morgan fingerprint density at radius 2 is 1.83 bits per heavy atom. The minimum Gasteiger partial charge on any atom is -0.339 e. The molecule has 0 spiro atoms. The van der Waals surface area contributed by atoms with Crippen LogP contribution in [0.2, 0.25) is 0 Å². The molecule has 0 saturated carbocycles. The zero-order valence-electron chi connectivity index (χ0n) is 17.6. The van der Waals surface area contributed by atoms with Crippen molar-refractivity contribution in [2.24, 2.45) is 0 Å². The third-order valence-corrected chi connectivity index (χ3v) is 6.56. The van der Waals surface area contributed by atoms with Gasteiger partial charge in [0.1, 0.15) is 5.82 Å². The second-order valence-corrected chi connectivity index (χ2v) is 8.90. The molecule has 0 aliphatic carbocycles. The van der Waals surface area contributed by atoms with Crippen LogP contribution in [0.15, 0.2) is 59.8 Å². The SMILES string of the molecule is Cc1ccc(-n2c(Cc3ccccc3)nnc2SCC(=O)N2CCCC[C@@H]2C)cc1. The third-order valence-electron chi connectivity index (χ3n) is 5.65. The van der Waals surface area contributed by atoms with E-state index in [2.05, 4.69) is 65.0 Å². The molecule has 1 amide bonds. The molecule has 5 nitrogen and oxygen atoms in total. The molecule has 0 bridgehead atoms. The van der Waals surface area contributed by atoms with E-state index >= 15 is 0 Å². The molecule has 156 valence electrons. The zero-order chi connectivity index (χ0) is 20.9. The first-order valence-corrected chi connectivity index (χ1v) is 11.6. The number of likely N-dealkylation sites (tertiary alicyclic amines) is 1. The molecular formula is C24H28N4OS. The van der Waals surface area contributed by atoms with Crippen molar-refractivity contribution >= 4 is 17.7 Å². The molecule has 1 aliphatic heterocycles. The molecule has 2 aromatic carbocycles. The van der Waals surface area contributed by atoms with Crippen LogP contribution in [0.5, 0.6) is 0 Å². The Balaban J connectivity index is 1.57. The van der Waals surface area contributed by atoms with Crippen LogP contribution in [-0.4, -0.2) is 43.9 Å². The molecule has 1 aliphatic rings. The van der Waals surface area contributed by atoms with Crippen molar-refractivity contribution in [1.29, 1.82) is 0 Å². The first-order chi connectivity index (χ1) is 14.6. The van der Waals surface area contributed by atoms with Crippen LogP contribution in [0.1, 0.15) is 43.1 Å². The Morgan fingerprint density at radius 3 is 2.57 bits per heavy atom. The van der Waals surface area contributed by atoms with Crippen molar-refractivity contribution in [1.82, 2.24) is 19.7 Å². The van der Waals surface area contributed by atoms with Crippen molar-refractivity contribution in [3.8, 4) is 5.69 Å². The maximum atomic E-state index is 12.8. The highest BCUT2D eigenvalue weighted by molar-refractivity contribution is 7.99. The number of hydrogen-bond acceptors (Lipinski definition) is 4. The quantitative estimate of drug-likeness (QED) is 0.544. The number of rotatable bonds is 6. The number of thioether (sulfide) groups is 1. The topological polar surface area (TPSA) is 51.0 Å². The van der Waals surface area contributed by atoms with Crippen molar-refractivity contribution in [2.75, 3.05) is 12.3 Å². The molecule has 3 aromatic rings. The van der Waals surface area contributed by atoms with Crippen molar-refractivity contribution in [3.63, 3.8) is 0 Å². The highest BCUT2D eigenvalue weighted by Gasteiger charge is 2.24.